The standard InChI is InChI=1S/C21H26F2N4O2.HI/c1-3-24-21(25-14-15-5-4-6-19(29-2)20(15)28)27-11-9-26(10-12-27)18-13-16(22)7-8-17(18)23;/h4-8,13,28H,3,9-12,14H2,1-2H3,(H,24,25);1H. The SMILES string of the molecule is CCNC(=NCc1cccc(OC)c1O)N1CCN(c2cc(F)ccc2F)CC1.I. The van der Waals surface area contributed by atoms with E-state index in [4.69, 9.17) is 4.74 Å². The summed E-state index contributed by atoms with van der Waals surface area (Å²) in [4.78, 5) is 8.55. The van der Waals surface area contributed by atoms with E-state index in [1.165, 1.54) is 13.2 Å². The summed E-state index contributed by atoms with van der Waals surface area (Å²) in [6, 6.07) is 8.81. The van der Waals surface area contributed by atoms with E-state index in [0.717, 1.165) is 12.1 Å². The van der Waals surface area contributed by atoms with Crippen molar-refractivity contribution < 1.29 is 18.6 Å². The number of guanidine groups is 1. The molecule has 0 spiro atoms. The van der Waals surface area contributed by atoms with Gasteiger partial charge in [-0.3, -0.25) is 0 Å². The van der Waals surface area contributed by atoms with Crippen molar-refractivity contribution in [3.05, 3.63) is 53.6 Å². The molecule has 1 saturated heterocycles. The molecule has 0 radical (unpaired) electrons. The number of nitrogens with one attached hydrogen (secondary N) is 1. The van der Waals surface area contributed by atoms with Crippen molar-refractivity contribution in [2.45, 2.75) is 13.5 Å². The van der Waals surface area contributed by atoms with Crippen LogP contribution in [0.4, 0.5) is 14.5 Å². The lowest BCUT2D eigenvalue weighted by Gasteiger charge is -2.37. The Hall–Kier alpha value is -2.30. The minimum Gasteiger partial charge on any atom is -0.504 e. The molecule has 30 heavy (non-hydrogen) atoms. The first kappa shape index (κ1) is 24.0. The molecule has 0 bridgehead atoms. The molecule has 164 valence electrons. The molecule has 1 fully saturated rings. The van der Waals surface area contributed by atoms with Crippen LogP contribution in [-0.2, 0) is 6.54 Å². The summed E-state index contributed by atoms with van der Waals surface area (Å²) < 4.78 is 32.7. The van der Waals surface area contributed by atoms with Crippen molar-refractivity contribution in [1.82, 2.24) is 10.2 Å². The molecular weight excluding hydrogens is 505 g/mol. The van der Waals surface area contributed by atoms with Gasteiger partial charge in [0.15, 0.2) is 17.5 Å². The second-order valence-corrected chi connectivity index (χ2v) is 6.71. The molecule has 2 aromatic rings. The van der Waals surface area contributed by atoms with Crippen molar-refractivity contribution in [3.8, 4) is 11.5 Å². The van der Waals surface area contributed by atoms with Crippen LogP contribution in [-0.4, -0.2) is 55.8 Å². The van der Waals surface area contributed by atoms with Gasteiger partial charge in [-0.1, -0.05) is 12.1 Å². The second-order valence-electron chi connectivity index (χ2n) is 6.71. The first-order chi connectivity index (χ1) is 14.0. The van der Waals surface area contributed by atoms with Crippen molar-refractivity contribution in [3.63, 3.8) is 0 Å². The minimum atomic E-state index is -0.447. The average Bonchev–Trinajstić information content (AvgIpc) is 2.74. The number of hydrogen-bond donors (Lipinski definition) is 2. The third-order valence-corrected chi connectivity index (χ3v) is 4.86. The number of halogens is 3. The Balaban J connectivity index is 0.00000320. The van der Waals surface area contributed by atoms with Crippen LogP contribution in [0.3, 0.4) is 0 Å². The van der Waals surface area contributed by atoms with Crippen LogP contribution in [0.2, 0.25) is 0 Å². The Morgan fingerprint density at radius 3 is 2.57 bits per heavy atom. The number of rotatable bonds is 5. The van der Waals surface area contributed by atoms with Gasteiger partial charge in [0.2, 0.25) is 0 Å². The zero-order valence-electron chi connectivity index (χ0n) is 17.1. The van der Waals surface area contributed by atoms with E-state index in [9.17, 15) is 13.9 Å². The number of aromatic hydroxyl groups is 1. The Labute approximate surface area is 192 Å². The maximum Gasteiger partial charge on any atom is 0.194 e. The van der Waals surface area contributed by atoms with E-state index in [1.807, 2.05) is 17.9 Å². The zero-order chi connectivity index (χ0) is 20.8. The molecular formula is C21H27F2IN4O2. The summed E-state index contributed by atoms with van der Waals surface area (Å²) in [5.74, 6) is 0.342. The van der Waals surface area contributed by atoms with Gasteiger partial charge in [0, 0.05) is 44.4 Å². The van der Waals surface area contributed by atoms with Gasteiger partial charge >= 0.3 is 0 Å². The van der Waals surface area contributed by atoms with E-state index >= 15 is 0 Å². The van der Waals surface area contributed by atoms with Crippen molar-refractivity contribution in [2.75, 3.05) is 44.7 Å². The number of ether oxygens (including phenoxy) is 1. The third-order valence-electron chi connectivity index (χ3n) is 4.86. The maximum atomic E-state index is 14.0. The normalized spacial score (nSPS) is 14.3. The maximum absolute atomic E-state index is 14.0. The van der Waals surface area contributed by atoms with Crippen LogP contribution >= 0.6 is 24.0 Å². The van der Waals surface area contributed by atoms with Gasteiger partial charge in [-0.25, -0.2) is 13.8 Å². The number of methoxy groups -OCH3 is 1. The molecule has 1 aliphatic heterocycles. The number of piperazine rings is 1. The van der Waals surface area contributed by atoms with Crippen LogP contribution in [0.5, 0.6) is 11.5 Å². The number of hydrogen-bond acceptors (Lipinski definition) is 4. The molecule has 3 rings (SSSR count). The molecule has 6 nitrogen and oxygen atoms in total. The number of para-hydroxylation sites is 1. The number of phenols is 1. The molecule has 0 aromatic heterocycles. The van der Waals surface area contributed by atoms with Crippen LogP contribution in [0.1, 0.15) is 12.5 Å². The van der Waals surface area contributed by atoms with E-state index < -0.39 is 11.6 Å². The largest absolute Gasteiger partial charge is 0.504 e. The first-order valence-electron chi connectivity index (χ1n) is 9.61. The van der Waals surface area contributed by atoms with E-state index in [1.54, 1.807) is 12.1 Å². The van der Waals surface area contributed by atoms with Gasteiger partial charge in [0.1, 0.15) is 11.6 Å². The Morgan fingerprint density at radius 1 is 1.17 bits per heavy atom. The summed E-state index contributed by atoms with van der Waals surface area (Å²) in [5.41, 5.74) is 0.952. The first-order valence-corrected chi connectivity index (χ1v) is 9.61. The Kier molecular flexibility index (Phi) is 8.94. The average molecular weight is 532 g/mol. The topological polar surface area (TPSA) is 60.3 Å². The number of phenolic OH excluding ortho intramolecular Hbond substituents is 1. The fraction of sp³-hybridized carbons (Fsp3) is 0.381. The zero-order valence-corrected chi connectivity index (χ0v) is 19.4. The van der Waals surface area contributed by atoms with Crippen molar-refractivity contribution in [2.24, 2.45) is 4.99 Å². The summed E-state index contributed by atoms with van der Waals surface area (Å²) in [6.45, 7) is 5.31. The van der Waals surface area contributed by atoms with Gasteiger partial charge < -0.3 is 25.0 Å². The highest BCUT2D eigenvalue weighted by atomic mass is 127. The second kappa shape index (κ2) is 11.2. The highest BCUT2D eigenvalue weighted by molar-refractivity contribution is 14.0. The molecule has 1 heterocycles. The molecule has 0 atom stereocenters. The minimum absolute atomic E-state index is 0. The number of nitrogens with zero attached hydrogens (tertiary/aromatic N) is 3. The van der Waals surface area contributed by atoms with Crippen molar-refractivity contribution in [1.29, 1.82) is 0 Å². The highest BCUT2D eigenvalue weighted by Gasteiger charge is 2.22. The summed E-state index contributed by atoms with van der Waals surface area (Å²) in [7, 11) is 1.51. The quantitative estimate of drug-likeness (QED) is 0.351. The lowest BCUT2D eigenvalue weighted by Crippen LogP contribution is -2.52. The molecule has 0 aliphatic carbocycles. The summed E-state index contributed by atoms with van der Waals surface area (Å²) in [5, 5.41) is 13.5. The molecule has 9 heteroatoms. The molecule has 0 unspecified atom stereocenters. The number of benzene rings is 2. The van der Waals surface area contributed by atoms with E-state index in [0.29, 0.717) is 56.5 Å². The van der Waals surface area contributed by atoms with Gasteiger partial charge in [-0.15, -0.1) is 24.0 Å². The lowest BCUT2D eigenvalue weighted by molar-refractivity contribution is 0.367. The fourth-order valence-corrected chi connectivity index (χ4v) is 3.33. The third kappa shape index (κ3) is 5.65. The van der Waals surface area contributed by atoms with Crippen LogP contribution in [0.25, 0.3) is 0 Å². The smallest absolute Gasteiger partial charge is 0.194 e. The molecule has 0 saturated carbocycles. The van der Waals surface area contributed by atoms with Gasteiger partial charge in [-0.2, -0.15) is 0 Å². The van der Waals surface area contributed by atoms with Crippen LogP contribution < -0.4 is 15.0 Å². The molecule has 2 aromatic carbocycles. The predicted molar refractivity (Wildman–Crippen MR) is 125 cm³/mol. The summed E-state index contributed by atoms with van der Waals surface area (Å²) >= 11 is 0. The van der Waals surface area contributed by atoms with Crippen LogP contribution in [0.15, 0.2) is 41.4 Å². The van der Waals surface area contributed by atoms with Crippen LogP contribution in [0, 0.1) is 11.6 Å². The van der Waals surface area contributed by atoms with Gasteiger partial charge in [-0.05, 0) is 25.1 Å². The number of aliphatic imine (C=N–C) groups is 1. The van der Waals surface area contributed by atoms with E-state index in [2.05, 4.69) is 15.2 Å². The molecule has 1 aliphatic rings. The lowest BCUT2D eigenvalue weighted by atomic mass is 10.2. The number of anilines is 1. The molecule has 2 N–H and O–H groups in total. The Bertz CT molecular complexity index is 874. The Morgan fingerprint density at radius 2 is 1.90 bits per heavy atom. The summed E-state index contributed by atoms with van der Waals surface area (Å²) in [6.07, 6.45) is 0. The van der Waals surface area contributed by atoms with E-state index in [-0.39, 0.29) is 35.4 Å². The fourth-order valence-electron chi connectivity index (χ4n) is 3.33. The van der Waals surface area contributed by atoms with Crippen molar-refractivity contribution >= 4 is 35.6 Å². The van der Waals surface area contributed by atoms with Gasteiger partial charge in [0.25, 0.3) is 0 Å². The van der Waals surface area contributed by atoms with Gasteiger partial charge in [0.05, 0.1) is 19.3 Å². The highest BCUT2D eigenvalue weighted by Crippen LogP contribution is 2.29. The molecule has 0 amide bonds. The predicted octanol–water partition coefficient (Wildman–Crippen LogP) is 3.58. The monoisotopic (exact) mass is 532 g/mol.